The Kier molecular flexibility index (Phi) is 2.48. The van der Waals surface area contributed by atoms with Crippen molar-refractivity contribution in [1.82, 2.24) is 4.98 Å². The third kappa shape index (κ3) is 1.48. The van der Waals surface area contributed by atoms with Crippen molar-refractivity contribution in [3.8, 4) is 0 Å². The lowest BCUT2D eigenvalue weighted by molar-refractivity contribution is -0.114. The van der Waals surface area contributed by atoms with Gasteiger partial charge in [0.1, 0.15) is 0 Å². The Labute approximate surface area is 92.4 Å². The number of benzene rings is 1. The number of carbonyl (C=O) groups excluding carboxylic acids is 2. The molecule has 4 heteroatoms. The van der Waals surface area contributed by atoms with Gasteiger partial charge in [-0.2, -0.15) is 0 Å². The highest BCUT2D eigenvalue weighted by atomic mass is 16.2. The van der Waals surface area contributed by atoms with Gasteiger partial charge >= 0.3 is 0 Å². The number of H-pyrrole nitrogens is 1. The van der Waals surface area contributed by atoms with Gasteiger partial charge < -0.3 is 10.7 Å². The minimum atomic E-state index is -0.928. The fraction of sp³-hybridized carbons (Fsp3) is 0.167. The Balaban J connectivity index is 2.66. The Bertz CT molecular complexity index is 569. The smallest absolute Gasteiger partial charge is 0.289 e. The van der Waals surface area contributed by atoms with Crippen LogP contribution in [0.4, 0.5) is 0 Å². The van der Waals surface area contributed by atoms with Crippen LogP contribution in [0.2, 0.25) is 0 Å². The van der Waals surface area contributed by atoms with Crippen LogP contribution in [0.1, 0.15) is 22.8 Å². The summed E-state index contributed by atoms with van der Waals surface area (Å²) in [5, 5.41) is 0.753. The van der Waals surface area contributed by atoms with Gasteiger partial charge in [-0.3, -0.25) is 9.59 Å². The normalized spacial score (nSPS) is 10.6. The molecule has 1 heterocycles. The molecule has 3 N–H and O–H groups in total. The summed E-state index contributed by atoms with van der Waals surface area (Å²) in [6.45, 7) is 2.03. The number of para-hydroxylation sites is 1. The van der Waals surface area contributed by atoms with E-state index in [4.69, 9.17) is 5.73 Å². The number of nitrogens with one attached hydrogen (secondary N) is 1. The highest BCUT2D eigenvalue weighted by Crippen LogP contribution is 2.22. The van der Waals surface area contributed by atoms with E-state index in [1.807, 2.05) is 19.1 Å². The molecule has 0 bridgehead atoms. The average molecular weight is 216 g/mol. The molecule has 0 spiro atoms. The second kappa shape index (κ2) is 3.81. The highest BCUT2D eigenvalue weighted by molar-refractivity contribution is 6.44. The first-order valence-electron chi connectivity index (χ1n) is 5.08. The lowest BCUT2D eigenvalue weighted by Crippen LogP contribution is -2.22. The molecule has 82 valence electrons. The monoisotopic (exact) mass is 216 g/mol. The summed E-state index contributed by atoms with van der Waals surface area (Å²) in [5.74, 6) is -1.58. The fourth-order valence-electron chi connectivity index (χ4n) is 1.83. The molecule has 0 aliphatic rings. The van der Waals surface area contributed by atoms with Crippen molar-refractivity contribution in [2.75, 3.05) is 0 Å². The van der Waals surface area contributed by atoms with Crippen molar-refractivity contribution >= 4 is 22.6 Å². The molecule has 0 aliphatic carbocycles. The summed E-state index contributed by atoms with van der Waals surface area (Å²) in [7, 11) is 0. The van der Waals surface area contributed by atoms with Gasteiger partial charge in [0.25, 0.3) is 11.7 Å². The maximum absolute atomic E-state index is 11.5. The molecule has 1 amide bonds. The summed E-state index contributed by atoms with van der Waals surface area (Å²) in [4.78, 5) is 25.4. The van der Waals surface area contributed by atoms with Crippen LogP contribution in [0.15, 0.2) is 24.4 Å². The van der Waals surface area contributed by atoms with E-state index in [9.17, 15) is 9.59 Å². The van der Waals surface area contributed by atoms with Crippen LogP contribution in [0, 0.1) is 0 Å². The molecular formula is C12H12N2O2. The molecule has 1 aromatic heterocycles. The standard InChI is InChI=1S/C12H12N2O2/c1-2-7-4-3-5-8-9(6-14-10(7)8)11(15)12(13)16/h3-6,14H,2H2,1H3,(H2,13,16). The first-order chi connectivity index (χ1) is 7.65. The van der Waals surface area contributed by atoms with Crippen LogP contribution < -0.4 is 5.73 Å². The minimum Gasteiger partial charge on any atom is -0.363 e. The number of ketones is 1. The third-order valence-corrected chi connectivity index (χ3v) is 2.65. The Morgan fingerprint density at radius 2 is 2.12 bits per heavy atom. The Morgan fingerprint density at radius 1 is 1.38 bits per heavy atom. The van der Waals surface area contributed by atoms with Crippen LogP contribution in [0.3, 0.4) is 0 Å². The molecule has 0 fully saturated rings. The van der Waals surface area contributed by atoms with E-state index in [1.54, 1.807) is 6.07 Å². The number of rotatable bonds is 3. The average Bonchev–Trinajstić information content (AvgIpc) is 2.71. The lowest BCUT2D eigenvalue weighted by Gasteiger charge is -1.99. The number of aromatic nitrogens is 1. The van der Waals surface area contributed by atoms with E-state index >= 15 is 0 Å². The van der Waals surface area contributed by atoms with Crippen molar-refractivity contribution in [2.45, 2.75) is 13.3 Å². The molecular weight excluding hydrogens is 204 g/mol. The van der Waals surface area contributed by atoms with Crippen LogP contribution >= 0.6 is 0 Å². The lowest BCUT2D eigenvalue weighted by atomic mass is 10.0. The minimum absolute atomic E-state index is 0.345. The zero-order chi connectivity index (χ0) is 11.7. The summed E-state index contributed by atoms with van der Waals surface area (Å²) in [6.07, 6.45) is 2.40. The number of fused-ring (bicyclic) bond motifs is 1. The number of aryl methyl sites for hydroxylation is 1. The SMILES string of the molecule is CCc1cccc2c(C(=O)C(N)=O)c[nH]c12. The predicted octanol–water partition coefficient (Wildman–Crippen LogP) is 1.40. The van der Waals surface area contributed by atoms with Crippen molar-refractivity contribution in [3.63, 3.8) is 0 Å². The third-order valence-electron chi connectivity index (χ3n) is 2.65. The molecule has 2 aromatic rings. The topological polar surface area (TPSA) is 76.0 Å². The van der Waals surface area contributed by atoms with Crippen molar-refractivity contribution in [3.05, 3.63) is 35.5 Å². The molecule has 0 saturated carbocycles. The molecule has 0 unspecified atom stereocenters. The number of hydrogen-bond donors (Lipinski definition) is 2. The van der Waals surface area contributed by atoms with Crippen molar-refractivity contribution in [1.29, 1.82) is 0 Å². The van der Waals surface area contributed by atoms with Crippen molar-refractivity contribution < 1.29 is 9.59 Å². The van der Waals surface area contributed by atoms with Gasteiger partial charge in [-0.05, 0) is 12.0 Å². The van der Waals surface area contributed by atoms with E-state index in [0.717, 1.165) is 22.9 Å². The fourth-order valence-corrected chi connectivity index (χ4v) is 1.83. The molecule has 0 aliphatic heterocycles. The maximum atomic E-state index is 11.5. The van der Waals surface area contributed by atoms with Gasteiger partial charge in [-0.25, -0.2) is 0 Å². The van der Waals surface area contributed by atoms with E-state index in [0.29, 0.717) is 5.56 Å². The summed E-state index contributed by atoms with van der Waals surface area (Å²) in [6, 6.07) is 5.66. The number of nitrogens with two attached hydrogens (primary N) is 1. The zero-order valence-corrected chi connectivity index (χ0v) is 8.91. The quantitative estimate of drug-likeness (QED) is 0.601. The number of aromatic amines is 1. The molecule has 0 atom stereocenters. The zero-order valence-electron chi connectivity index (χ0n) is 8.91. The summed E-state index contributed by atoms with van der Waals surface area (Å²) >= 11 is 0. The molecule has 1 aromatic carbocycles. The number of hydrogen-bond acceptors (Lipinski definition) is 2. The van der Waals surface area contributed by atoms with Gasteiger partial charge in [-0.15, -0.1) is 0 Å². The number of amides is 1. The van der Waals surface area contributed by atoms with E-state index in [-0.39, 0.29) is 0 Å². The maximum Gasteiger partial charge on any atom is 0.289 e. The van der Waals surface area contributed by atoms with Gasteiger partial charge in [0.15, 0.2) is 0 Å². The first kappa shape index (κ1) is 10.4. The van der Waals surface area contributed by atoms with E-state index < -0.39 is 11.7 Å². The second-order valence-electron chi connectivity index (χ2n) is 3.59. The number of carbonyl (C=O) groups is 2. The number of Topliss-reactive ketones (excluding diaryl/α,β-unsaturated/α-hetero) is 1. The van der Waals surface area contributed by atoms with Crippen LogP contribution in [0.5, 0.6) is 0 Å². The van der Waals surface area contributed by atoms with E-state index in [1.165, 1.54) is 6.20 Å². The Hall–Kier alpha value is -2.10. The van der Waals surface area contributed by atoms with Crippen LogP contribution in [-0.2, 0) is 11.2 Å². The molecule has 0 saturated heterocycles. The molecule has 2 rings (SSSR count). The molecule has 16 heavy (non-hydrogen) atoms. The van der Waals surface area contributed by atoms with Crippen LogP contribution in [-0.4, -0.2) is 16.7 Å². The molecule has 0 radical (unpaired) electrons. The van der Waals surface area contributed by atoms with E-state index in [2.05, 4.69) is 4.98 Å². The largest absolute Gasteiger partial charge is 0.363 e. The Morgan fingerprint density at radius 3 is 2.75 bits per heavy atom. The summed E-state index contributed by atoms with van der Waals surface area (Å²) in [5.41, 5.74) is 7.34. The first-order valence-corrected chi connectivity index (χ1v) is 5.08. The second-order valence-corrected chi connectivity index (χ2v) is 3.59. The van der Waals surface area contributed by atoms with Crippen LogP contribution in [0.25, 0.3) is 10.9 Å². The van der Waals surface area contributed by atoms with Gasteiger partial charge in [0, 0.05) is 17.1 Å². The number of primary amides is 1. The summed E-state index contributed by atoms with van der Waals surface area (Å²) < 4.78 is 0. The predicted molar refractivity (Wildman–Crippen MR) is 61.2 cm³/mol. The van der Waals surface area contributed by atoms with Gasteiger partial charge in [-0.1, -0.05) is 25.1 Å². The highest BCUT2D eigenvalue weighted by Gasteiger charge is 2.17. The molecule has 4 nitrogen and oxygen atoms in total. The van der Waals surface area contributed by atoms with Gasteiger partial charge in [0.2, 0.25) is 0 Å². The van der Waals surface area contributed by atoms with Crippen molar-refractivity contribution in [2.24, 2.45) is 5.73 Å². The van der Waals surface area contributed by atoms with Gasteiger partial charge in [0.05, 0.1) is 5.56 Å².